The Balaban J connectivity index is 1.32. The van der Waals surface area contributed by atoms with E-state index in [1.807, 2.05) is 37.4 Å². The molecule has 0 spiro atoms. The van der Waals surface area contributed by atoms with Gasteiger partial charge in [0.15, 0.2) is 0 Å². The van der Waals surface area contributed by atoms with Gasteiger partial charge in [-0.25, -0.2) is 4.98 Å². The Morgan fingerprint density at radius 1 is 1.23 bits per heavy atom. The van der Waals surface area contributed by atoms with Crippen molar-refractivity contribution in [2.45, 2.75) is 26.3 Å². The van der Waals surface area contributed by atoms with Gasteiger partial charge in [-0.15, -0.1) is 11.3 Å². The van der Waals surface area contributed by atoms with Crippen LogP contribution >= 0.6 is 11.3 Å². The summed E-state index contributed by atoms with van der Waals surface area (Å²) in [4.78, 5) is 31.7. The Kier molecular flexibility index (Phi) is 6.31. The molecule has 1 N–H and O–H groups in total. The molecular formula is C22H25N5O3S. The van der Waals surface area contributed by atoms with Gasteiger partial charge in [-0.05, 0) is 44.0 Å². The second-order valence-corrected chi connectivity index (χ2v) is 8.26. The van der Waals surface area contributed by atoms with Crippen LogP contribution in [-0.2, 0) is 11.3 Å². The van der Waals surface area contributed by atoms with Gasteiger partial charge < -0.3 is 15.0 Å². The minimum absolute atomic E-state index is 0.0156. The fourth-order valence-electron chi connectivity index (χ4n) is 3.59. The number of benzene rings is 1. The number of nitrogens with zero attached hydrogens (tertiary/aromatic N) is 4. The van der Waals surface area contributed by atoms with E-state index in [9.17, 15) is 9.59 Å². The molecule has 3 aromatic rings. The number of thiazole rings is 1. The molecule has 0 bridgehead atoms. The summed E-state index contributed by atoms with van der Waals surface area (Å²) in [6.45, 7) is 3.84. The van der Waals surface area contributed by atoms with Crippen LogP contribution in [0.5, 0.6) is 5.75 Å². The van der Waals surface area contributed by atoms with Gasteiger partial charge >= 0.3 is 0 Å². The largest absolute Gasteiger partial charge is 0.497 e. The summed E-state index contributed by atoms with van der Waals surface area (Å²) in [5.74, 6) is 0.569. The van der Waals surface area contributed by atoms with Crippen LogP contribution in [-0.4, -0.2) is 51.7 Å². The normalized spacial score (nSPS) is 14.5. The van der Waals surface area contributed by atoms with Crippen molar-refractivity contribution < 1.29 is 14.3 Å². The third-order valence-electron chi connectivity index (χ3n) is 5.44. The second-order valence-electron chi connectivity index (χ2n) is 7.41. The van der Waals surface area contributed by atoms with Gasteiger partial charge in [0.05, 0.1) is 19.0 Å². The molecule has 9 heteroatoms. The van der Waals surface area contributed by atoms with Crippen LogP contribution in [0.1, 0.15) is 30.3 Å². The standard InChI is InChI=1S/C22H25N5O3S/c1-3-27-13-17(12-23-27)24-20(28)15-8-10-26(11-9-15)22(29)19-14-31-21(25-19)16-4-6-18(30-2)7-5-16/h4-7,12-15H,3,8-11H2,1-2H3,(H,24,28). The minimum atomic E-state index is -0.112. The molecule has 1 fully saturated rings. The Hall–Kier alpha value is -3.20. The maximum Gasteiger partial charge on any atom is 0.273 e. The summed E-state index contributed by atoms with van der Waals surface area (Å²) in [5.41, 5.74) is 2.11. The van der Waals surface area contributed by atoms with Gasteiger partial charge in [0.2, 0.25) is 5.91 Å². The number of hydrogen-bond acceptors (Lipinski definition) is 6. The lowest BCUT2D eigenvalue weighted by atomic mass is 9.95. The molecule has 4 rings (SSSR count). The van der Waals surface area contributed by atoms with Crippen molar-refractivity contribution in [1.29, 1.82) is 0 Å². The number of hydrogen-bond donors (Lipinski definition) is 1. The molecule has 162 valence electrons. The highest BCUT2D eigenvalue weighted by Gasteiger charge is 2.29. The minimum Gasteiger partial charge on any atom is -0.497 e. The van der Waals surface area contributed by atoms with Crippen LogP contribution in [0.3, 0.4) is 0 Å². The Bertz CT molecular complexity index is 1050. The van der Waals surface area contributed by atoms with E-state index in [2.05, 4.69) is 15.4 Å². The molecule has 1 aliphatic rings. The highest BCUT2D eigenvalue weighted by Crippen LogP contribution is 2.27. The molecule has 1 aromatic carbocycles. The predicted molar refractivity (Wildman–Crippen MR) is 119 cm³/mol. The average Bonchev–Trinajstić information content (AvgIpc) is 3.48. The maximum absolute atomic E-state index is 12.9. The van der Waals surface area contributed by atoms with E-state index in [0.29, 0.717) is 37.3 Å². The number of nitrogens with one attached hydrogen (secondary N) is 1. The monoisotopic (exact) mass is 439 g/mol. The predicted octanol–water partition coefficient (Wildman–Crippen LogP) is 3.53. The Morgan fingerprint density at radius 2 is 1.97 bits per heavy atom. The number of aromatic nitrogens is 3. The lowest BCUT2D eigenvalue weighted by Gasteiger charge is -2.30. The first-order valence-electron chi connectivity index (χ1n) is 10.3. The molecular weight excluding hydrogens is 414 g/mol. The number of likely N-dealkylation sites (tertiary alicyclic amines) is 1. The van der Waals surface area contributed by atoms with Crippen LogP contribution in [0.2, 0.25) is 0 Å². The van der Waals surface area contributed by atoms with E-state index >= 15 is 0 Å². The van der Waals surface area contributed by atoms with E-state index in [-0.39, 0.29) is 17.7 Å². The quantitative estimate of drug-likeness (QED) is 0.635. The number of carbonyl (C=O) groups excluding carboxylic acids is 2. The zero-order valence-electron chi connectivity index (χ0n) is 17.6. The molecule has 2 aromatic heterocycles. The van der Waals surface area contributed by atoms with Gasteiger partial charge in [-0.3, -0.25) is 14.3 Å². The average molecular weight is 440 g/mol. The van der Waals surface area contributed by atoms with Crippen molar-refractivity contribution in [1.82, 2.24) is 19.7 Å². The maximum atomic E-state index is 12.9. The molecule has 0 radical (unpaired) electrons. The molecule has 3 heterocycles. The number of aryl methyl sites for hydroxylation is 1. The molecule has 1 saturated heterocycles. The smallest absolute Gasteiger partial charge is 0.273 e. The molecule has 0 saturated carbocycles. The van der Waals surface area contributed by atoms with Crippen molar-refractivity contribution in [2.24, 2.45) is 5.92 Å². The molecule has 8 nitrogen and oxygen atoms in total. The SMILES string of the molecule is CCn1cc(NC(=O)C2CCN(C(=O)c3csc(-c4ccc(OC)cc4)n3)CC2)cn1. The summed E-state index contributed by atoms with van der Waals surface area (Å²) in [7, 11) is 1.63. The van der Waals surface area contributed by atoms with Crippen LogP contribution < -0.4 is 10.1 Å². The zero-order chi connectivity index (χ0) is 21.8. The summed E-state index contributed by atoms with van der Waals surface area (Å²) in [6.07, 6.45) is 4.74. The molecule has 1 aliphatic heterocycles. The number of methoxy groups -OCH3 is 1. The van der Waals surface area contributed by atoms with Crippen molar-refractivity contribution in [3.05, 3.63) is 47.7 Å². The van der Waals surface area contributed by atoms with E-state index in [1.54, 1.807) is 28.3 Å². The van der Waals surface area contributed by atoms with E-state index in [0.717, 1.165) is 22.9 Å². The number of anilines is 1. The third kappa shape index (κ3) is 4.77. The highest BCUT2D eigenvalue weighted by atomic mass is 32.1. The molecule has 31 heavy (non-hydrogen) atoms. The topological polar surface area (TPSA) is 89.4 Å². The zero-order valence-corrected chi connectivity index (χ0v) is 18.4. The van der Waals surface area contributed by atoms with Crippen molar-refractivity contribution in [2.75, 3.05) is 25.5 Å². The summed E-state index contributed by atoms with van der Waals surface area (Å²) in [6, 6.07) is 7.61. The summed E-state index contributed by atoms with van der Waals surface area (Å²) in [5, 5.41) is 9.69. The fraction of sp³-hybridized carbons (Fsp3) is 0.364. The Morgan fingerprint density at radius 3 is 2.61 bits per heavy atom. The Labute approximate surface area is 184 Å². The van der Waals surface area contributed by atoms with Gasteiger partial charge in [0.1, 0.15) is 16.5 Å². The number of piperidine rings is 1. The first-order valence-corrected chi connectivity index (χ1v) is 11.2. The summed E-state index contributed by atoms with van der Waals surface area (Å²) >= 11 is 1.45. The van der Waals surface area contributed by atoms with Gasteiger partial charge in [0.25, 0.3) is 5.91 Å². The lowest BCUT2D eigenvalue weighted by molar-refractivity contribution is -0.121. The van der Waals surface area contributed by atoms with E-state index in [4.69, 9.17) is 4.74 Å². The summed E-state index contributed by atoms with van der Waals surface area (Å²) < 4.78 is 6.95. The highest BCUT2D eigenvalue weighted by molar-refractivity contribution is 7.13. The lowest BCUT2D eigenvalue weighted by Crippen LogP contribution is -2.41. The van der Waals surface area contributed by atoms with Crippen LogP contribution in [0, 0.1) is 5.92 Å². The number of amides is 2. The van der Waals surface area contributed by atoms with Gasteiger partial charge in [0, 0.05) is 42.7 Å². The third-order valence-corrected chi connectivity index (χ3v) is 6.33. The van der Waals surface area contributed by atoms with Crippen molar-refractivity contribution in [3.8, 4) is 16.3 Å². The van der Waals surface area contributed by atoms with Crippen molar-refractivity contribution in [3.63, 3.8) is 0 Å². The molecule has 0 aliphatic carbocycles. The molecule has 0 atom stereocenters. The van der Waals surface area contributed by atoms with Crippen LogP contribution in [0.15, 0.2) is 42.0 Å². The second kappa shape index (κ2) is 9.30. The number of ether oxygens (including phenoxy) is 1. The van der Waals surface area contributed by atoms with E-state index < -0.39 is 0 Å². The van der Waals surface area contributed by atoms with Crippen molar-refractivity contribution >= 4 is 28.8 Å². The first-order chi connectivity index (χ1) is 15.1. The van der Waals surface area contributed by atoms with Gasteiger partial charge in [-0.1, -0.05) is 0 Å². The number of rotatable bonds is 6. The first kappa shape index (κ1) is 21.0. The van der Waals surface area contributed by atoms with E-state index in [1.165, 1.54) is 11.3 Å². The molecule has 2 amide bonds. The number of carbonyl (C=O) groups is 2. The van der Waals surface area contributed by atoms with Crippen LogP contribution in [0.4, 0.5) is 5.69 Å². The fourth-order valence-corrected chi connectivity index (χ4v) is 4.39. The molecule has 0 unspecified atom stereocenters. The van der Waals surface area contributed by atoms with Gasteiger partial charge in [-0.2, -0.15) is 5.10 Å². The van der Waals surface area contributed by atoms with Crippen LogP contribution in [0.25, 0.3) is 10.6 Å².